The number of aryl methyl sites for hydroxylation is 2. The molecule has 0 bridgehead atoms. The van der Waals surface area contributed by atoms with Crippen molar-refractivity contribution in [2.75, 3.05) is 12.4 Å². The van der Waals surface area contributed by atoms with Gasteiger partial charge in [-0.25, -0.2) is 9.97 Å². The van der Waals surface area contributed by atoms with Gasteiger partial charge in [0.1, 0.15) is 17.3 Å². The van der Waals surface area contributed by atoms with Gasteiger partial charge in [-0.05, 0) is 43.7 Å². The number of carbonyl (C=O) groups excluding carboxylic acids is 1. The minimum Gasteiger partial charge on any atom is -0.497 e. The molecule has 0 saturated heterocycles. The average molecular weight is 366 g/mol. The number of ether oxygens (including phenoxy) is 1. The number of nitrogens with zero attached hydrogens (tertiary/aromatic N) is 2. The molecular weight excluding hydrogens is 344 g/mol. The van der Waals surface area contributed by atoms with E-state index in [1.807, 2.05) is 43.3 Å². The van der Waals surface area contributed by atoms with E-state index >= 15 is 0 Å². The van der Waals surface area contributed by atoms with Gasteiger partial charge in [-0.1, -0.05) is 12.1 Å². The van der Waals surface area contributed by atoms with Gasteiger partial charge in [0.2, 0.25) is 5.95 Å². The zero-order valence-corrected chi connectivity index (χ0v) is 15.6. The van der Waals surface area contributed by atoms with E-state index in [0.29, 0.717) is 36.1 Å². The summed E-state index contributed by atoms with van der Waals surface area (Å²) in [7, 11) is 1.63. The Bertz CT molecular complexity index is 936. The Morgan fingerprint density at radius 1 is 1.19 bits per heavy atom. The molecule has 1 aromatic carbocycles. The first-order valence-corrected chi connectivity index (χ1v) is 8.59. The molecule has 27 heavy (non-hydrogen) atoms. The molecule has 2 aromatic heterocycles. The number of furan rings is 1. The van der Waals surface area contributed by atoms with Crippen LogP contribution in [0.2, 0.25) is 0 Å². The summed E-state index contributed by atoms with van der Waals surface area (Å²) < 4.78 is 10.7. The SMILES string of the molecule is COc1cccc(CNc2ncc(C(=O)NCc3ccc(C)o3)c(C)n2)c1. The summed E-state index contributed by atoms with van der Waals surface area (Å²) in [6.45, 7) is 4.52. The minimum atomic E-state index is -0.235. The maximum absolute atomic E-state index is 12.3. The van der Waals surface area contributed by atoms with Crippen LogP contribution in [0, 0.1) is 13.8 Å². The molecule has 0 atom stereocenters. The van der Waals surface area contributed by atoms with E-state index in [1.54, 1.807) is 14.0 Å². The number of benzene rings is 1. The number of methoxy groups -OCH3 is 1. The molecular formula is C20H22N4O3. The summed E-state index contributed by atoms with van der Waals surface area (Å²) in [6, 6.07) is 11.4. The molecule has 0 aliphatic rings. The van der Waals surface area contributed by atoms with Gasteiger partial charge in [0.05, 0.1) is 24.9 Å². The lowest BCUT2D eigenvalue weighted by molar-refractivity contribution is 0.0946. The predicted molar refractivity (Wildman–Crippen MR) is 102 cm³/mol. The van der Waals surface area contributed by atoms with Crippen LogP contribution in [-0.2, 0) is 13.1 Å². The van der Waals surface area contributed by atoms with Gasteiger partial charge in [0.25, 0.3) is 5.91 Å². The molecule has 0 radical (unpaired) electrons. The van der Waals surface area contributed by atoms with Crippen molar-refractivity contribution in [2.24, 2.45) is 0 Å². The molecule has 0 aliphatic carbocycles. The quantitative estimate of drug-likeness (QED) is 0.667. The topological polar surface area (TPSA) is 89.3 Å². The van der Waals surface area contributed by atoms with Crippen LogP contribution in [0.15, 0.2) is 47.0 Å². The Kier molecular flexibility index (Phi) is 5.71. The number of amides is 1. The van der Waals surface area contributed by atoms with Crippen molar-refractivity contribution >= 4 is 11.9 Å². The molecule has 3 rings (SSSR count). The molecule has 1 amide bonds. The van der Waals surface area contributed by atoms with Gasteiger partial charge in [-0.15, -0.1) is 0 Å². The maximum atomic E-state index is 12.3. The van der Waals surface area contributed by atoms with Gasteiger partial charge < -0.3 is 19.8 Å². The Morgan fingerprint density at radius 3 is 2.74 bits per heavy atom. The highest BCUT2D eigenvalue weighted by molar-refractivity contribution is 5.94. The van der Waals surface area contributed by atoms with Crippen molar-refractivity contribution in [3.63, 3.8) is 0 Å². The first-order chi connectivity index (χ1) is 13.0. The molecule has 3 aromatic rings. The molecule has 2 N–H and O–H groups in total. The van der Waals surface area contributed by atoms with Crippen molar-refractivity contribution < 1.29 is 13.9 Å². The Balaban J connectivity index is 1.59. The van der Waals surface area contributed by atoms with Crippen LogP contribution in [0.1, 0.15) is 33.1 Å². The van der Waals surface area contributed by atoms with Crippen LogP contribution < -0.4 is 15.4 Å². The molecule has 0 spiro atoms. The number of aromatic nitrogens is 2. The first kappa shape index (κ1) is 18.4. The number of carbonyl (C=O) groups is 1. The van der Waals surface area contributed by atoms with Crippen molar-refractivity contribution in [1.82, 2.24) is 15.3 Å². The monoisotopic (exact) mass is 366 g/mol. The number of anilines is 1. The van der Waals surface area contributed by atoms with E-state index in [2.05, 4.69) is 20.6 Å². The van der Waals surface area contributed by atoms with E-state index in [4.69, 9.17) is 9.15 Å². The third kappa shape index (κ3) is 4.84. The van der Waals surface area contributed by atoms with Crippen molar-refractivity contribution in [1.29, 1.82) is 0 Å². The van der Waals surface area contributed by atoms with E-state index in [0.717, 1.165) is 17.1 Å². The van der Waals surface area contributed by atoms with E-state index in [1.165, 1.54) is 6.20 Å². The number of nitrogens with one attached hydrogen (secondary N) is 2. The van der Waals surface area contributed by atoms with Gasteiger partial charge in [0.15, 0.2) is 0 Å². The minimum absolute atomic E-state index is 0.235. The Labute approximate surface area is 157 Å². The third-order valence-electron chi connectivity index (χ3n) is 4.03. The summed E-state index contributed by atoms with van der Waals surface area (Å²) in [5.74, 6) is 2.54. The third-order valence-corrected chi connectivity index (χ3v) is 4.03. The van der Waals surface area contributed by atoms with Gasteiger partial charge in [0, 0.05) is 12.7 Å². The highest BCUT2D eigenvalue weighted by atomic mass is 16.5. The second-order valence-electron chi connectivity index (χ2n) is 6.09. The normalized spacial score (nSPS) is 10.5. The van der Waals surface area contributed by atoms with E-state index in [-0.39, 0.29) is 5.91 Å². The van der Waals surface area contributed by atoms with Crippen molar-refractivity contribution in [2.45, 2.75) is 26.9 Å². The molecule has 7 nitrogen and oxygen atoms in total. The smallest absolute Gasteiger partial charge is 0.255 e. The van der Waals surface area contributed by atoms with Crippen LogP contribution >= 0.6 is 0 Å². The second kappa shape index (κ2) is 8.35. The van der Waals surface area contributed by atoms with Crippen molar-refractivity contribution in [3.05, 3.63) is 70.9 Å². The van der Waals surface area contributed by atoms with E-state index in [9.17, 15) is 4.79 Å². The Morgan fingerprint density at radius 2 is 2.04 bits per heavy atom. The first-order valence-electron chi connectivity index (χ1n) is 8.59. The zero-order valence-electron chi connectivity index (χ0n) is 15.6. The molecule has 7 heteroatoms. The van der Waals surface area contributed by atoms with Crippen LogP contribution in [0.3, 0.4) is 0 Å². The highest BCUT2D eigenvalue weighted by Crippen LogP contribution is 2.14. The fourth-order valence-electron chi connectivity index (χ4n) is 2.58. The zero-order chi connectivity index (χ0) is 19.2. The Hall–Kier alpha value is -3.35. The molecule has 140 valence electrons. The molecule has 0 unspecified atom stereocenters. The maximum Gasteiger partial charge on any atom is 0.255 e. The summed E-state index contributed by atoms with van der Waals surface area (Å²) >= 11 is 0. The highest BCUT2D eigenvalue weighted by Gasteiger charge is 2.12. The average Bonchev–Trinajstić information content (AvgIpc) is 3.10. The van der Waals surface area contributed by atoms with E-state index < -0.39 is 0 Å². The number of hydrogen-bond acceptors (Lipinski definition) is 6. The standard InChI is InChI=1S/C20H22N4O3/c1-13-7-8-17(27-13)11-21-19(25)18-12-23-20(24-14(18)2)22-10-15-5-4-6-16(9-15)26-3/h4-9,12H,10-11H2,1-3H3,(H,21,25)(H,22,23,24). The summed E-state index contributed by atoms with van der Waals surface area (Å²) in [5.41, 5.74) is 2.09. The summed E-state index contributed by atoms with van der Waals surface area (Å²) in [4.78, 5) is 21.0. The van der Waals surface area contributed by atoms with Crippen molar-refractivity contribution in [3.8, 4) is 5.75 Å². The lowest BCUT2D eigenvalue weighted by Gasteiger charge is -2.09. The molecule has 0 saturated carbocycles. The lowest BCUT2D eigenvalue weighted by Crippen LogP contribution is -2.24. The van der Waals surface area contributed by atoms with Gasteiger partial charge >= 0.3 is 0 Å². The van der Waals surface area contributed by atoms with Gasteiger partial charge in [-0.3, -0.25) is 4.79 Å². The largest absolute Gasteiger partial charge is 0.497 e. The van der Waals surface area contributed by atoms with Crippen LogP contribution in [0.4, 0.5) is 5.95 Å². The lowest BCUT2D eigenvalue weighted by atomic mass is 10.2. The second-order valence-corrected chi connectivity index (χ2v) is 6.09. The summed E-state index contributed by atoms with van der Waals surface area (Å²) in [6.07, 6.45) is 1.53. The van der Waals surface area contributed by atoms with Crippen LogP contribution in [0.25, 0.3) is 0 Å². The molecule has 0 aliphatic heterocycles. The fourth-order valence-corrected chi connectivity index (χ4v) is 2.58. The number of rotatable bonds is 7. The molecule has 0 fully saturated rings. The summed E-state index contributed by atoms with van der Waals surface area (Å²) in [5, 5.41) is 5.97. The van der Waals surface area contributed by atoms with Crippen LogP contribution in [-0.4, -0.2) is 23.0 Å². The van der Waals surface area contributed by atoms with Gasteiger partial charge in [-0.2, -0.15) is 0 Å². The predicted octanol–water partition coefficient (Wildman–Crippen LogP) is 3.24. The fraction of sp³-hybridized carbons (Fsp3) is 0.250. The number of hydrogen-bond donors (Lipinski definition) is 2. The molecule has 2 heterocycles. The van der Waals surface area contributed by atoms with Crippen LogP contribution in [0.5, 0.6) is 5.75 Å².